The van der Waals surface area contributed by atoms with E-state index in [1.807, 2.05) is 0 Å². The Balaban J connectivity index is 3.49. The van der Waals surface area contributed by atoms with E-state index in [9.17, 15) is 9.59 Å². The van der Waals surface area contributed by atoms with Crippen molar-refractivity contribution >= 4 is 12.1 Å². The van der Waals surface area contributed by atoms with Crippen molar-refractivity contribution < 1.29 is 23.8 Å². The van der Waals surface area contributed by atoms with Gasteiger partial charge in [-0.2, -0.15) is 0 Å². The van der Waals surface area contributed by atoms with Gasteiger partial charge in [-0.3, -0.25) is 4.79 Å². The molecule has 1 radical (unpaired) electrons. The third-order valence-electron chi connectivity index (χ3n) is 1.24. The number of hydrogen-bond donors (Lipinski definition) is 0. The molecule has 0 aliphatic rings. The molecule has 14 heavy (non-hydrogen) atoms. The molecule has 0 heterocycles. The van der Waals surface area contributed by atoms with E-state index in [-0.39, 0.29) is 12.7 Å². The van der Waals surface area contributed by atoms with Gasteiger partial charge in [-0.25, -0.2) is 4.79 Å². The molecule has 0 bridgehead atoms. The van der Waals surface area contributed by atoms with Gasteiger partial charge < -0.3 is 14.2 Å². The third-order valence-corrected chi connectivity index (χ3v) is 1.24. The van der Waals surface area contributed by atoms with Crippen LogP contribution in [0.3, 0.4) is 0 Å². The summed E-state index contributed by atoms with van der Waals surface area (Å²) in [7, 11) is 0. The predicted molar refractivity (Wildman–Crippen MR) is 48.3 cm³/mol. The van der Waals surface area contributed by atoms with Crippen molar-refractivity contribution in [2.24, 2.45) is 0 Å². The van der Waals surface area contributed by atoms with Gasteiger partial charge in [0.15, 0.2) is 0 Å². The van der Waals surface area contributed by atoms with E-state index in [4.69, 9.17) is 4.74 Å². The maximum atomic E-state index is 10.8. The Morgan fingerprint density at radius 3 is 2.57 bits per heavy atom. The van der Waals surface area contributed by atoms with E-state index in [1.165, 1.54) is 13.5 Å². The lowest BCUT2D eigenvalue weighted by molar-refractivity contribution is -0.138. The van der Waals surface area contributed by atoms with E-state index >= 15 is 0 Å². The van der Waals surface area contributed by atoms with E-state index < -0.39 is 12.1 Å². The highest BCUT2D eigenvalue weighted by Crippen LogP contribution is 2.03. The number of rotatable bonds is 5. The highest BCUT2D eigenvalue weighted by Gasteiger charge is 2.10. The molecular formula is C9H15O5. The molecule has 0 rings (SSSR count). The molecule has 81 valence electrons. The summed E-state index contributed by atoms with van der Waals surface area (Å²) in [5.74, 6) is -0.395. The fourth-order valence-corrected chi connectivity index (χ4v) is 0.665. The van der Waals surface area contributed by atoms with Crippen LogP contribution in [0, 0.1) is 6.61 Å². The summed E-state index contributed by atoms with van der Waals surface area (Å²) in [5, 5.41) is 0. The summed E-state index contributed by atoms with van der Waals surface area (Å²) in [5.41, 5.74) is 0. The summed E-state index contributed by atoms with van der Waals surface area (Å²) < 4.78 is 13.9. The van der Waals surface area contributed by atoms with Crippen LogP contribution in [0.2, 0.25) is 0 Å². The van der Waals surface area contributed by atoms with Crippen molar-refractivity contribution in [3.63, 3.8) is 0 Å². The Bertz CT molecular complexity index is 190. The topological polar surface area (TPSA) is 61.8 Å². The van der Waals surface area contributed by atoms with Crippen LogP contribution in [0.15, 0.2) is 0 Å². The van der Waals surface area contributed by atoms with Crippen molar-refractivity contribution in [3.05, 3.63) is 6.61 Å². The summed E-state index contributed by atoms with van der Waals surface area (Å²) in [6, 6.07) is 0. The molecule has 0 aromatic heterocycles. The monoisotopic (exact) mass is 203 g/mol. The van der Waals surface area contributed by atoms with Gasteiger partial charge in [-0.1, -0.05) is 0 Å². The van der Waals surface area contributed by atoms with Gasteiger partial charge in [0, 0.05) is 13.3 Å². The fraction of sp³-hybridized carbons (Fsp3) is 0.667. The minimum absolute atomic E-state index is 0.277. The summed E-state index contributed by atoms with van der Waals surface area (Å²) in [6.45, 7) is 6.24. The Hall–Kier alpha value is -1.26. The van der Waals surface area contributed by atoms with Crippen LogP contribution in [0.1, 0.15) is 27.2 Å². The average Bonchev–Trinajstić information content (AvgIpc) is 2.03. The first kappa shape index (κ1) is 12.7. The Labute approximate surface area is 83.3 Å². The van der Waals surface area contributed by atoms with Gasteiger partial charge in [0.25, 0.3) is 0 Å². The highest BCUT2D eigenvalue weighted by molar-refractivity contribution is 5.66. The SMILES string of the molecule is CCOC(=O)OC(C)C[CH]OC(C)=O. The van der Waals surface area contributed by atoms with E-state index in [2.05, 4.69) is 9.47 Å². The van der Waals surface area contributed by atoms with Crippen molar-refractivity contribution in [3.8, 4) is 0 Å². The van der Waals surface area contributed by atoms with Gasteiger partial charge in [0.2, 0.25) is 0 Å². The van der Waals surface area contributed by atoms with E-state index in [1.54, 1.807) is 13.8 Å². The third kappa shape index (κ3) is 7.39. The van der Waals surface area contributed by atoms with Crippen LogP contribution in [0.25, 0.3) is 0 Å². The number of esters is 1. The molecule has 1 unspecified atom stereocenters. The average molecular weight is 203 g/mol. The Morgan fingerprint density at radius 1 is 1.43 bits per heavy atom. The molecule has 1 atom stereocenters. The molecule has 0 aromatic rings. The zero-order valence-corrected chi connectivity index (χ0v) is 8.61. The molecule has 0 aliphatic carbocycles. The molecule has 0 amide bonds. The second-order valence-corrected chi connectivity index (χ2v) is 2.62. The lowest BCUT2D eigenvalue weighted by Gasteiger charge is -2.11. The molecule has 0 fully saturated rings. The standard InChI is InChI=1S/C9H15O5/c1-4-12-9(11)14-7(2)5-6-13-8(3)10/h6-7H,4-5H2,1-3H3. The summed E-state index contributed by atoms with van der Waals surface area (Å²) in [4.78, 5) is 21.1. The normalized spacial score (nSPS) is 11.6. The minimum atomic E-state index is -0.712. The largest absolute Gasteiger partial charge is 0.508 e. The van der Waals surface area contributed by atoms with Crippen LogP contribution in [-0.4, -0.2) is 24.8 Å². The molecule has 0 spiro atoms. The first-order valence-electron chi connectivity index (χ1n) is 4.38. The Morgan fingerprint density at radius 2 is 2.07 bits per heavy atom. The zero-order valence-electron chi connectivity index (χ0n) is 8.61. The van der Waals surface area contributed by atoms with Crippen LogP contribution in [0.4, 0.5) is 4.79 Å². The molecule has 5 nitrogen and oxygen atoms in total. The number of hydrogen-bond acceptors (Lipinski definition) is 5. The van der Waals surface area contributed by atoms with Gasteiger partial charge in [0.05, 0.1) is 6.61 Å². The summed E-state index contributed by atoms with van der Waals surface area (Å²) in [6.07, 6.45) is -0.733. The van der Waals surface area contributed by atoms with Gasteiger partial charge in [-0.15, -0.1) is 0 Å². The van der Waals surface area contributed by atoms with Crippen molar-refractivity contribution in [2.75, 3.05) is 6.61 Å². The molecule has 0 aliphatic heterocycles. The first-order valence-corrected chi connectivity index (χ1v) is 4.38. The molecule has 0 saturated carbocycles. The zero-order chi connectivity index (χ0) is 11.0. The van der Waals surface area contributed by atoms with Gasteiger partial charge >= 0.3 is 12.1 Å². The summed E-state index contributed by atoms with van der Waals surface area (Å²) >= 11 is 0. The quantitative estimate of drug-likeness (QED) is 0.636. The van der Waals surface area contributed by atoms with Gasteiger partial charge in [-0.05, 0) is 13.8 Å². The van der Waals surface area contributed by atoms with Crippen molar-refractivity contribution in [2.45, 2.75) is 33.3 Å². The lowest BCUT2D eigenvalue weighted by atomic mass is 10.3. The van der Waals surface area contributed by atoms with E-state index in [0.717, 1.165) is 0 Å². The number of ether oxygens (including phenoxy) is 3. The number of carbonyl (C=O) groups excluding carboxylic acids is 2. The van der Waals surface area contributed by atoms with Crippen molar-refractivity contribution in [1.29, 1.82) is 0 Å². The van der Waals surface area contributed by atoms with E-state index in [0.29, 0.717) is 6.42 Å². The first-order chi connectivity index (χ1) is 6.56. The highest BCUT2D eigenvalue weighted by atomic mass is 16.7. The minimum Gasteiger partial charge on any atom is -0.458 e. The Kier molecular flexibility index (Phi) is 6.53. The number of carbonyl (C=O) groups is 2. The van der Waals surface area contributed by atoms with Crippen LogP contribution >= 0.6 is 0 Å². The molecule has 0 aromatic carbocycles. The maximum Gasteiger partial charge on any atom is 0.508 e. The fourth-order valence-electron chi connectivity index (χ4n) is 0.665. The molecule has 5 heteroatoms. The van der Waals surface area contributed by atoms with Crippen molar-refractivity contribution in [1.82, 2.24) is 0 Å². The second kappa shape index (κ2) is 7.17. The molecule has 0 saturated heterocycles. The second-order valence-electron chi connectivity index (χ2n) is 2.62. The molecule has 0 N–H and O–H groups in total. The van der Waals surface area contributed by atoms with Crippen LogP contribution < -0.4 is 0 Å². The van der Waals surface area contributed by atoms with Gasteiger partial charge in [0.1, 0.15) is 12.7 Å². The maximum absolute atomic E-state index is 10.8. The van der Waals surface area contributed by atoms with Crippen LogP contribution in [-0.2, 0) is 19.0 Å². The van der Waals surface area contributed by atoms with Crippen LogP contribution in [0.5, 0.6) is 0 Å². The predicted octanol–water partition coefficient (Wildman–Crippen LogP) is 1.66. The molecular weight excluding hydrogens is 188 g/mol. The lowest BCUT2D eigenvalue weighted by Crippen LogP contribution is -2.16. The smallest absolute Gasteiger partial charge is 0.458 e.